The van der Waals surface area contributed by atoms with Gasteiger partial charge >= 0.3 is 5.97 Å². The number of ether oxygens (including phenoxy) is 2. The van der Waals surface area contributed by atoms with Crippen LogP contribution < -0.4 is 9.47 Å². The van der Waals surface area contributed by atoms with Crippen LogP contribution >= 0.6 is 0 Å². The Balaban J connectivity index is 1.40. The summed E-state index contributed by atoms with van der Waals surface area (Å²) in [4.78, 5) is 12.7. The van der Waals surface area contributed by atoms with Gasteiger partial charge in [0.15, 0.2) is 0 Å². The number of rotatable bonds is 7. The van der Waals surface area contributed by atoms with Crippen molar-refractivity contribution in [3.05, 3.63) is 90.0 Å². The molecule has 0 aliphatic carbocycles. The fourth-order valence-electron chi connectivity index (χ4n) is 3.55. The van der Waals surface area contributed by atoms with Gasteiger partial charge in [0, 0.05) is 13.1 Å². The van der Waals surface area contributed by atoms with Crippen LogP contribution in [0.2, 0.25) is 0 Å². The number of hydrogen-bond acceptors (Lipinski definition) is 5. The van der Waals surface area contributed by atoms with Crippen molar-refractivity contribution in [2.45, 2.75) is 30.8 Å². The number of sulfonamides is 1. The maximum atomic E-state index is 12.9. The predicted molar refractivity (Wildman–Crippen MR) is 121 cm³/mol. The summed E-state index contributed by atoms with van der Waals surface area (Å²) in [5, 5.41) is 0. The third kappa shape index (κ3) is 5.36. The Morgan fingerprint density at radius 2 is 1.50 bits per heavy atom. The first-order valence-corrected chi connectivity index (χ1v) is 12.1. The van der Waals surface area contributed by atoms with Gasteiger partial charge in [-0.1, -0.05) is 42.8 Å². The second-order valence-electron chi connectivity index (χ2n) is 7.63. The lowest BCUT2D eigenvalue weighted by Crippen LogP contribution is -2.35. The maximum Gasteiger partial charge on any atom is 0.343 e. The van der Waals surface area contributed by atoms with Crippen LogP contribution in [0.3, 0.4) is 0 Å². The minimum atomic E-state index is -3.62. The number of benzene rings is 3. The van der Waals surface area contributed by atoms with Crippen molar-refractivity contribution in [3.63, 3.8) is 0 Å². The lowest BCUT2D eigenvalue weighted by atomic mass is 10.2. The first-order valence-electron chi connectivity index (χ1n) is 10.6. The number of carbonyl (C=O) groups excluding carboxylic acids is 1. The minimum Gasteiger partial charge on any atom is -0.489 e. The lowest BCUT2D eigenvalue weighted by molar-refractivity contribution is 0.0734. The van der Waals surface area contributed by atoms with Crippen LogP contribution in [0.4, 0.5) is 0 Å². The normalized spacial score (nSPS) is 14.6. The highest BCUT2D eigenvalue weighted by molar-refractivity contribution is 7.89. The molecule has 4 rings (SSSR count). The van der Waals surface area contributed by atoms with Crippen molar-refractivity contribution in [3.8, 4) is 11.5 Å². The highest BCUT2D eigenvalue weighted by Gasteiger charge is 2.26. The molecule has 166 valence electrons. The summed E-state index contributed by atoms with van der Waals surface area (Å²) in [6.07, 6.45) is 2.74. The topological polar surface area (TPSA) is 72.9 Å². The summed E-state index contributed by atoms with van der Waals surface area (Å²) in [5.41, 5.74) is 1.25. The molecule has 0 bridgehead atoms. The van der Waals surface area contributed by atoms with Gasteiger partial charge in [-0.2, -0.15) is 4.31 Å². The number of nitrogens with zero attached hydrogens (tertiary/aromatic N) is 1. The molecule has 1 saturated heterocycles. The zero-order valence-electron chi connectivity index (χ0n) is 17.6. The second kappa shape index (κ2) is 9.97. The molecule has 1 fully saturated rings. The summed E-state index contributed by atoms with van der Waals surface area (Å²) in [7, 11) is -3.62. The van der Waals surface area contributed by atoms with E-state index in [0.29, 0.717) is 31.2 Å². The Bertz CT molecular complexity index is 1150. The molecule has 0 amide bonds. The van der Waals surface area contributed by atoms with E-state index in [2.05, 4.69) is 0 Å². The van der Waals surface area contributed by atoms with Gasteiger partial charge in [0.2, 0.25) is 10.0 Å². The molecule has 0 saturated carbocycles. The Kier molecular flexibility index (Phi) is 6.87. The Hall–Kier alpha value is -3.16. The van der Waals surface area contributed by atoms with Gasteiger partial charge in [-0.05, 0) is 60.9 Å². The van der Waals surface area contributed by atoms with Gasteiger partial charge < -0.3 is 9.47 Å². The van der Waals surface area contributed by atoms with Gasteiger partial charge in [0.1, 0.15) is 18.1 Å². The van der Waals surface area contributed by atoms with Crippen LogP contribution in [0.15, 0.2) is 83.8 Å². The summed E-state index contributed by atoms with van der Waals surface area (Å²) in [6.45, 7) is 1.46. The van der Waals surface area contributed by atoms with Crippen LogP contribution in [0.5, 0.6) is 11.5 Å². The van der Waals surface area contributed by atoms with Crippen molar-refractivity contribution in [2.24, 2.45) is 0 Å². The molecule has 3 aromatic rings. The van der Waals surface area contributed by atoms with Crippen LogP contribution in [-0.2, 0) is 16.6 Å². The molecule has 0 atom stereocenters. The van der Waals surface area contributed by atoms with Crippen molar-refractivity contribution < 1.29 is 22.7 Å². The summed E-state index contributed by atoms with van der Waals surface area (Å²) < 4.78 is 38.4. The van der Waals surface area contributed by atoms with Gasteiger partial charge in [0.05, 0.1) is 10.5 Å². The number of esters is 1. The predicted octanol–water partition coefficient (Wildman–Crippen LogP) is 4.66. The van der Waals surface area contributed by atoms with E-state index < -0.39 is 16.0 Å². The van der Waals surface area contributed by atoms with Crippen molar-refractivity contribution >= 4 is 16.0 Å². The van der Waals surface area contributed by atoms with E-state index in [1.54, 1.807) is 36.4 Å². The zero-order chi connectivity index (χ0) is 22.4. The first kappa shape index (κ1) is 22.0. The molecule has 1 aliphatic rings. The fourth-order valence-corrected chi connectivity index (χ4v) is 5.11. The first-order chi connectivity index (χ1) is 15.5. The van der Waals surface area contributed by atoms with Gasteiger partial charge in [-0.3, -0.25) is 0 Å². The van der Waals surface area contributed by atoms with E-state index >= 15 is 0 Å². The number of carbonyl (C=O) groups is 1. The van der Waals surface area contributed by atoms with E-state index in [-0.39, 0.29) is 10.5 Å². The molecular formula is C25H25NO5S. The van der Waals surface area contributed by atoms with E-state index in [0.717, 1.165) is 24.8 Å². The van der Waals surface area contributed by atoms with E-state index in [1.807, 2.05) is 30.3 Å². The largest absolute Gasteiger partial charge is 0.489 e. The molecule has 0 spiro atoms. The fraction of sp³-hybridized carbons (Fsp3) is 0.240. The molecule has 0 aromatic heterocycles. The number of hydrogen-bond donors (Lipinski definition) is 0. The van der Waals surface area contributed by atoms with Crippen LogP contribution in [0, 0.1) is 0 Å². The Morgan fingerprint density at radius 1 is 0.812 bits per heavy atom. The molecule has 0 unspecified atom stereocenters. The molecule has 32 heavy (non-hydrogen) atoms. The highest BCUT2D eigenvalue weighted by Crippen LogP contribution is 2.23. The van der Waals surface area contributed by atoms with Crippen LogP contribution in [-0.4, -0.2) is 31.8 Å². The van der Waals surface area contributed by atoms with Crippen molar-refractivity contribution in [2.75, 3.05) is 13.1 Å². The third-order valence-electron chi connectivity index (χ3n) is 5.31. The molecule has 0 radical (unpaired) electrons. The Morgan fingerprint density at radius 3 is 2.22 bits per heavy atom. The van der Waals surface area contributed by atoms with E-state index in [4.69, 9.17) is 9.47 Å². The third-order valence-corrected chi connectivity index (χ3v) is 7.20. The molecule has 3 aromatic carbocycles. The average molecular weight is 452 g/mol. The molecule has 6 nitrogen and oxygen atoms in total. The van der Waals surface area contributed by atoms with Gasteiger partial charge in [-0.15, -0.1) is 0 Å². The minimum absolute atomic E-state index is 0.110. The zero-order valence-corrected chi connectivity index (χ0v) is 18.5. The summed E-state index contributed by atoms with van der Waals surface area (Å²) in [6, 6.07) is 22.6. The molecular weight excluding hydrogens is 426 g/mol. The van der Waals surface area contributed by atoms with E-state index in [1.165, 1.54) is 16.4 Å². The van der Waals surface area contributed by atoms with Crippen molar-refractivity contribution in [1.29, 1.82) is 0 Å². The summed E-state index contributed by atoms with van der Waals surface area (Å²) >= 11 is 0. The maximum absolute atomic E-state index is 12.9. The van der Waals surface area contributed by atoms with Gasteiger partial charge in [-0.25, -0.2) is 13.2 Å². The van der Waals surface area contributed by atoms with Gasteiger partial charge in [0.25, 0.3) is 0 Å². The molecule has 1 aliphatic heterocycles. The van der Waals surface area contributed by atoms with E-state index in [9.17, 15) is 13.2 Å². The standard InChI is InChI=1S/C25H25NO5S/c27-25(21-10-7-11-24(18-21)32(28,29)26-16-5-2-6-17-26)31-23-14-12-22(13-15-23)30-19-20-8-3-1-4-9-20/h1,3-4,7-15,18H,2,5-6,16-17,19H2. The highest BCUT2D eigenvalue weighted by atomic mass is 32.2. The smallest absolute Gasteiger partial charge is 0.343 e. The van der Waals surface area contributed by atoms with Crippen molar-refractivity contribution in [1.82, 2.24) is 4.31 Å². The monoisotopic (exact) mass is 451 g/mol. The summed E-state index contributed by atoms with van der Waals surface area (Å²) in [5.74, 6) is 0.397. The Labute approximate surface area is 188 Å². The molecule has 0 N–H and O–H groups in total. The SMILES string of the molecule is O=C(Oc1ccc(OCc2ccccc2)cc1)c1cccc(S(=O)(=O)N2CCCCC2)c1. The molecule has 1 heterocycles. The molecule has 7 heteroatoms. The quantitative estimate of drug-likeness (QED) is 0.386. The number of piperidine rings is 1. The second-order valence-corrected chi connectivity index (χ2v) is 9.57. The van der Waals surface area contributed by atoms with Crippen LogP contribution in [0.1, 0.15) is 35.2 Å². The van der Waals surface area contributed by atoms with Crippen LogP contribution in [0.25, 0.3) is 0 Å². The lowest BCUT2D eigenvalue weighted by Gasteiger charge is -2.25. The average Bonchev–Trinajstić information content (AvgIpc) is 2.85.